The molecular formula is C33H28F2N6O3S. The van der Waals surface area contributed by atoms with E-state index in [1.807, 2.05) is 59.6 Å². The van der Waals surface area contributed by atoms with Gasteiger partial charge in [-0.05, 0) is 48.7 Å². The molecule has 7 rings (SSSR count). The molecule has 12 heteroatoms. The third-order valence-corrected chi connectivity index (χ3v) is 8.93. The number of fused-ring (bicyclic) bond motifs is 3. The number of hydrogen-bond acceptors (Lipinski definition) is 7. The Kier molecular flexibility index (Phi) is 7.38. The molecule has 1 atom stereocenters. The van der Waals surface area contributed by atoms with E-state index in [0.717, 1.165) is 27.4 Å². The number of methoxy groups -OCH3 is 1. The van der Waals surface area contributed by atoms with Crippen LogP contribution >= 0.6 is 11.3 Å². The number of aromatic nitrogens is 5. The number of nitrogens with zero attached hydrogens (tertiary/aromatic N) is 6. The summed E-state index contributed by atoms with van der Waals surface area (Å²) in [6.07, 6.45) is 3.16. The number of thiophene rings is 1. The second kappa shape index (κ2) is 11.5. The number of amides is 1. The van der Waals surface area contributed by atoms with Crippen molar-refractivity contribution < 1.29 is 23.0 Å². The van der Waals surface area contributed by atoms with Gasteiger partial charge in [-0.15, -0.1) is 11.3 Å². The largest absolute Gasteiger partial charge is 0.490 e. The summed E-state index contributed by atoms with van der Waals surface area (Å²) in [5, 5.41) is 12.4. The van der Waals surface area contributed by atoms with Crippen LogP contribution in [0.3, 0.4) is 0 Å². The molecule has 9 nitrogen and oxygen atoms in total. The van der Waals surface area contributed by atoms with E-state index in [-0.39, 0.29) is 36.5 Å². The van der Waals surface area contributed by atoms with Crippen molar-refractivity contribution in [2.24, 2.45) is 0 Å². The first-order chi connectivity index (χ1) is 21.9. The molecule has 0 saturated carbocycles. The van der Waals surface area contributed by atoms with Gasteiger partial charge in [-0.3, -0.25) is 9.48 Å². The van der Waals surface area contributed by atoms with Gasteiger partial charge < -0.3 is 14.4 Å². The van der Waals surface area contributed by atoms with Gasteiger partial charge >= 0.3 is 0 Å². The minimum Gasteiger partial charge on any atom is -0.490 e. The van der Waals surface area contributed by atoms with Gasteiger partial charge in [0.25, 0.3) is 0 Å². The summed E-state index contributed by atoms with van der Waals surface area (Å²) in [6, 6.07) is 13.3. The van der Waals surface area contributed by atoms with Crippen LogP contribution in [0.4, 0.5) is 8.78 Å². The molecule has 0 bridgehead atoms. The second-order valence-electron chi connectivity index (χ2n) is 10.6. The van der Waals surface area contributed by atoms with Gasteiger partial charge in [0.1, 0.15) is 46.8 Å². The molecule has 0 N–H and O–H groups in total. The Labute approximate surface area is 260 Å². The quantitative estimate of drug-likeness (QED) is 0.141. The number of carbonyl (C=O) groups is 1. The van der Waals surface area contributed by atoms with E-state index in [1.54, 1.807) is 9.42 Å². The Morgan fingerprint density at radius 3 is 2.71 bits per heavy atom. The van der Waals surface area contributed by atoms with E-state index in [9.17, 15) is 9.18 Å². The van der Waals surface area contributed by atoms with E-state index in [4.69, 9.17) is 24.7 Å². The van der Waals surface area contributed by atoms with Gasteiger partial charge in [-0.25, -0.2) is 18.3 Å². The fourth-order valence-corrected chi connectivity index (χ4v) is 6.82. The van der Waals surface area contributed by atoms with Gasteiger partial charge in [0, 0.05) is 47.6 Å². The number of hydrogen-bond donors (Lipinski definition) is 0. The van der Waals surface area contributed by atoms with E-state index in [0.29, 0.717) is 41.4 Å². The Bertz CT molecular complexity index is 2070. The SMILES string of the molecule is C=CC(=O)N1CCn2nc(-c3nc(-c4cc5ccccn5n4)c4ccsc4c3-c3c(F)cc(F)cc3OCCOC)cc2[C@H]1C. The highest BCUT2D eigenvalue weighted by Gasteiger charge is 2.31. The van der Waals surface area contributed by atoms with Crippen LogP contribution in [-0.4, -0.2) is 62.1 Å². The predicted molar refractivity (Wildman–Crippen MR) is 168 cm³/mol. The normalized spacial score (nSPS) is 14.7. The molecule has 0 spiro atoms. The van der Waals surface area contributed by atoms with Gasteiger partial charge in [-0.2, -0.15) is 10.2 Å². The molecule has 0 saturated heterocycles. The van der Waals surface area contributed by atoms with Crippen molar-refractivity contribution in [2.75, 3.05) is 26.9 Å². The first-order valence-corrected chi connectivity index (χ1v) is 15.2. The highest BCUT2D eigenvalue weighted by Crippen LogP contribution is 2.47. The Morgan fingerprint density at radius 1 is 1.07 bits per heavy atom. The van der Waals surface area contributed by atoms with Crippen LogP contribution in [0.15, 0.2) is 72.8 Å². The lowest BCUT2D eigenvalue weighted by molar-refractivity contribution is -0.129. The van der Waals surface area contributed by atoms with Crippen LogP contribution in [0.25, 0.3) is 49.5 Å². The smallest absolute Gasteiger partial charge is 0.246 e. The maximum absolute atomic E-state index is 16.0. The molecule has 0 aliphatic carbocycles. The third-order valence-electron chi connectivity index (χ3n) is 7.99. The maximum Gasteiger partial charge on any atom is 0.246 e. The first-order valence-electron chi connectivity index (χ1n) is 14.4. The van der Waals surface area contributed by atoms with Gasteiger partial charge in [-0.1, -0.05) is 12.6 Å². The molecule has 1 aromatic carbocycles. The molecule has 0 fully saturated rings. The lowest BCUT2D eigenvalue weighted by Crippen LogP contribution is -2.40. The van der Waals surface area contributed by atoms with Crippen molar-refractivity contribution >= 4 is 32.8 Å². The first kappa shape index (κ1) is 28.8. The van der Waals surface area contributed by atoms with Gasteiger partial charge in [0.15, 0.2) is 0 Å². The molecule has 5 aromatic heterocycles. The molecule has 45 heavy (non-hydrogen) atoms. The van der Waals surface area contributed by atoms with E-state index in [2.05, 4.69) is 6.58 Å². The zero-order valence-corrected chi connectivity index (χ0v) is 25.4. The van der Waals surface area contributed by atoms with Crippen LogP contribution in [0.5, 0.6) is 5.75 Å². The zero-order chi connectivity index (χ0) is 31.2. The summed E-state index contributed by atoms with van der Waals surface area (Å²) in [4.78, 5) is 19.4. The van der Waals surface area contributed by atoms with Crippen LogP contribution in [0.2, 0.25) is 0 Å². The highest BCUT2D eigenvalue weighted by molar-refractivity contribution is 7.18. The van der Waals surface area contributed by atoms with Crippen molar-refractivity contribution in [3.8, 4) is 39.7 Å². The van der Waals surface area contributed by atoms with Crippen molar-refractivity contribution in [1.29, 1.82) is 0 Å². The Hall–Kier alpha value is -4.94. The molecule has 0 unspecified atom stereocenters. The minimum atomic E-state index is -0.791. The van der Waals surface area contributed by atoms with Crippen molar-refractivity contribution in [3.63, 3.8) is 0 Å². The second-order valence-corrected chi connectivity index (χ2v) is 11.6. The Morgan fingerprint density at radius 2 is 1.91 bits per heavy atom. The maximum atomic E-state index is 16.0. The fourth-order valence-electron chi connectivity index (χ4n) is 5.87. The zero-order valence-electron chi connectivity index (χ0n) is 24.5. The summed E-state index contributed by atoms with van der Waals surface area (Å²) in [7, 11) is 1.52. The lowest BCUT2D eigenvalue weighted by atomic mass is 9.97. The summed E-state index contributed by atoms with van der Waals surface area (Å²) in [5.74, 6) is -1.69. The number of carbonyl (C=O) groups excluding carboxylic acids is 1. The summed E-state index contributed by atoms with van der Waals surface area (Å²) in [6.45, 7) is 6.81. The molecule has 1 aliphatic rings. The number of pyridine rings is 2. The van der Waals surface area contributed by atoms with Crippen LogP contribution in [0.1, 0.15) is 18.7 Å². The van der Waals surface area contributed by atoms with Crippen LogP contribution in [-0.2, 0) is 16.1 Å². The topological polar surface area (TPSA) is 86.8 Å². The molecular weight excluding hydrogens is 598 g/mol. The summed E-state index contributed by atoms with van der Waals surface area (Å²) in [5.41, 5.74) is 4.29. The minimum absolute atomic E-state index is 0.0304. The van der Waals surface area contributed by atoms with E-state index >= 15 is 4.39 Å². The molecule has 228 valence electrons. The number of ether oxygens (including phenoxy) is 2. The predicted octanol–water partition coefficient (Wildman–Crippen LogP) is 6.53. The molecule has 0 radical (unpaired) electrons. The standard InChI is InChI=1S/C33H28F2N6O3S/c1-4-28(42)39-10-11-41-26(19(39)2)18-25(38-41)32-30(29-23(35)15-20(34)16-27(29)44-13-12-43-3)33-22(8-14-45-33)31(36-32)24-17-21-7-5-6-9-40(21)37-24/h4-9,14-19H,1,10-13H2,2-3H3/t19-/m1/s1. The monoisotopic (exact) mass is 626 g/mol. The average molecular weight is 627 g/mol. The molecule has 6 aromatic rings. The molecule has 1 amide bonds. The Balaban J connectivity index is 1.50. The van der Waals surface area contributed by atoms with Crippen molar-refractivity contribution in [3.05, 3.63) is 90.1 Å². The lowest BCUT2D eigenvalue weighted by Gasteiger charge is -2.33. The molecule has 6 heterocycles. The van der Waals surface area contributed by atoms with Crippen molar-refractivity contribution in [1.82, 2.24) is 29.3 Å². The summed E-state index contributed by atoms with van der Waals surface area (Å²) < 4.78 is 45.9. The molecule has 1 aliphatic heterocycles. The average Bonchev–Trinajstić information content (AvgIpc) is 3.79. The van der Waals surface area contributed by atoms with E-state index in [1.165, 1.54) is 30.6 Å². The van der Waals surface area contributed by atoms with Crippen LogP contribution < -0.4 is 4.74 Å². The number of benzene rings is 1. The van der Waals surface area contributed by atoms with Crippen LogP contribution in [0, 0.1) is 11.6 Å². The van der Waals surface area contributed by atoms with Crippen molar-refractivity contribution in [2.45, 2.75) is 19.5 Å². The summed E-state index contributed by atoms with van der Waals surface area (Å²) >= 11 is 1.41. The van der Waals surface area contributed by atoms with Gasteiger partial charge in [0.05, 0.1) is 36.0 Å². The number of rotatable bonds is 8. The number of halogens is 2. The third kappa shape index (κ3) is 4.95. The van der Waals surface area contributed by atoms with Gasteiger partial charge in [0.2, 0.25) is 5.91 Å². The fraction of sp³-hybridized carbons (Fsp3) is 0.212. The van der Waals surface area contributed by atoms with E-state index < -0.39 is 11.6 Å². The highest BCUT2D eigenvalue weighted by atomic mass is 32.1.